The van der Waals surface area contributed by atoms with Crippen LogP contribution in [-0.2, 0) is 9.59 Å². The van der Waals surface area contributed by atoms with Gasteiger partial charge in [-0.25, -0.2) is 4.98 Å². The van der Waals surface area contributed by atoms with Gasteiger partial charge in [-0.1, -0.05) is 32.8 Å². The lowest BCUT2D eigenvalue weighted by atomic mass is 9.64. The zero-order valence-corrected chi connectivity index (χ0v) is 26.7. The van der Waals surface area contributed by atoms with Crippen LogP contribution in [0.25, 0.3) is 6.08 Å². The van der Waals surface area contributed by atoms with E-state index in [1.165, 1.54) is 0 Å². The Balaban J connectivity index is 1.64. The Hall–Kier alpha value is -2.01. The molecular formula is C34H50N2O4S. The van der Waals surface area contributed by atoms with Crippen LogP contribution in [0.3, 0.4) is 0 Å². The molecule has 41 heavy (non-hydrogen) atoms. The number of hydrogen-bond donors (Lipinski definition) is 3. The Kier molecular flexibility index (Phi) is 9.29. The lowest BCUT2D eigenvalue weighted by Gasteiger charge is -2.40. The van der Waals surface area contributed by atoms with Crippen LogP contribution in [0, 0.1) is 47.3 Å². The quantitative estimate of drug-likeness (QED) is 0.365. The third kappa shape index (κ3) is 6.81. The van der Waals surface area contributed by atoms with Gasteiger partial charge in [0.15, 0.2) is 0 Å². The molecule has 1 aliphatic heterocycles. The second kappa shape index (κ2) is 11.9. The van der Waals surface area contributed by atoms with E-state index >= 15 is 0 Å². The number of aromatic nitrogens is 1. The molecular weight excluding hydrogens is 532 g/mol. The molecule has 7 heteroatoms. The summed E-state index contributed by atoms with van der Waals surface area (Å²) in [5, 5.41) is 29.4. The second-order valence-electron chi connectivity index (χ2n) is 14.3. The molecule has 2 heterocycles. The number of ketones is 1. The number of terminal acetylenes is 1. The van der Waals surface area contributed by atoms with E-state index < -0.39 is 22.5 Å². The van der Waals surface area contributed by atoms with Crippen molar-refractivity contribution in [3.05, 3.63) is 21.7 Å². The maximum absolute atomic E-state index is 14.1. The fraction of sp³-hybridized carbons (Fsp3) is 0.735. The first-order valence-electron chi connectivity index (χ1n) is 15.4. The van der Waals surface area contributed by atoms with Crippen LogP contribution in [0.1, 0.15) is 116 Å². The minimum Gasteiger partial charge on any atom is -0.392 e. The Morgan fingerprint density at radius 2 is 1.90 bits per heavy atom. The van der Waals surface area contributed by atoms with Crippen LogP contribution >= 0.6 is 11.3 Å². The highest BCUT2D eigenvalue weighted by atomic mass is 32.1. The SMILES string of the molecule is C#CC[C@H]1C[C@@H](CC(C)=Cc2csc(C)n2)NC(=O)CC2(CC2)C(C)(C)C(=O)C2(CC2)[C@@H](O)[C@@H](C)CCC[C@@]1(C)O. The van der Waals surface area contributed by atoms with Crippen LogP contribution < -0.4 is 5.32 Å². The molecule has 1 aromatic rings. The van der Waals surface area contributed by atoms with Gasteiger partial charge in [0.1, 0.15) is 5.78 Å². The minimum absolute atomic E-state index is 0.0552. The van der Waals surface area contributed by atoms with Gasteiger partial charge in [-0.2, -0.15) is 0 Å². The first kappa shape index (κ1) is 31.9. The number of hydrogen-bond acceptors (Lipinski definition) is 6. The largest absolute Gasteiger partial charge is 0.392 e. The molecule has 4 rings (SSSR count). The number of amides is 1. The monoisotopic (exact) mass is 582 g/mol. The van der Waals surface area contributed by atoms with E-state index in [9.17, 15) is 19.8 Å². The van der Waals surface area contributed by atoms with Crippen LogP contribution in [0.5, 0.6) is 0 Å². The van der Waals surface area contributed by atoms with E-state index in [1.54, 1.807) is 11.3 Å². The lowest BCUT2D eigenvalue weighted by molar-refractivity contribution is -0.144. The minimum atomic E-state index is -1.02. The zero-order chi connectivity index (χ0) is 30.2. The molecule has 5 atom stereocenters. The number of aryl methyl sites for hydroxylation is 1. The molecule has 2 spiro atoms. The topological polar surface area (TPSA) is 99.5 Å². The van der Waals surface area contributed by atoms with Crippen molar-refractivity contribution in [2.45, 2.75) is 130 Å². The number of aliphatic hydroxyl groups is 2. The van der Waals surface area contributed by atoms with Gasteiger partial charge < -0.3 is 15.5 Å². The Labute approximate surface area is 250 Å². The summed E-state index contributed by atoms with van der Waals surface area (Å²) in [5.74, 6) is 2.59. The molecule has 0 aromatic carbocycles. The summed E-state index contributed by atoms with van der Waals surface area (Å²) < 4.78 is 0. The van der Waals surface area contributed by atoms with Gasteiger partial charge in [0.2, 0.25) is 5.91 Å². The van der Waals surface area contributed by atoms with E-state index in [-0.39, 0.29) is 41.4 Å². The molecule has 3 fully saturated rings. The summed E-state index contributed by atoms with van der Waals surface area (Å²) >= 11 is 1.61. The standard InChI is InChI=1S/C34H50N2O4S/c1-8-10-25-19-26(17-22(2)18-27-21-41-24(4)35-27)36-28(37)20-33(13-14-33)31(5,6)30(39)34(15-16-34)29(38)23(3)11-9-12-32(25,7)40/h1,18,21,23,25-26,29,38,40H,9-17,19-20H2,2-7H3,(H,36,37)/t23-,25-,26+,29-,32+/m0/s1. The average Bonchev–Trinajstić information content (AvgIpc) is 3.81. The molecule has 1 saturated heterocycles. The summed E-state index contributed by atoms with van der Waals surface area (Å²) in [6.45, 7) is 11.9. The number of carbonyl (C=O) groups excluding carboxylic acids is 2. The summed E-state index contributed by atoms with van der Waals surface area (Å²) in [7, 11) is 0. The summed E-state index contributed by atoms with van der Waals surface area (Å²) in [4.78, 5) is 32.4. The van der Waals surface area contributed by atoms with Crippen LogP contribution in [-0.4, -0.2) is 44.6 Å². The molecule has 6 nitrogen and oxygen atoms in total. The van der Waals surface area contributed by atoms with Gasteiger partial charge in [0.05, 0.1) is 27.8 Å². The van der Waals surface area contributed by atoms with Crippen molar-refractivity contribution in [3.63, 3.8) is 0 Å². The van der Waals surface area contributed by atoms with Crippen molar-refractivity contribution < 1.29 is 19.8 Å². The van der Waals surface area contributed by atoms with E-state index in [4.69, 9.17) is 6.42 Å². The molecule has 3 aliphatic rings. The van der Waals surface area contributed by atoms with Crippen molar-refractivity contribution >= 4 is 29.1 Å². The van der Waals surface area contributed by atoms with Gasteiger partial charge >= 0.3 is 0 Å². The number of Topliss-reactive ketones (excluding diaryl/α,β-unsaturated/α-hetero) is 1. The third-order valence-corrected chi connectivity index (χ3v) is 11.5. The van der Waals surface area contributed by atoms with Gasteiger partial charge in [0.25, 0.3) is 0 Å². The van der Waals surface area contributed by atoms with Crippen molar-refractivity contribution in [3.8, 4) is 12.3 Å². The summed E-state index contributed by atoms with van der Waals surface area (Å²) in [6, 6.07) is -0.207. The van der Waals surface area contributed by atoms with E-state index in [2.05, 4.69) is 29.2 Å². The molecule has 3 N–H and O–H groups in total. The predicted molar refractivity (Wildman–Crippen MR) is 165 cm³/mol. The maximum Gasteiger partial charge on any atom is 0.220 e. The Morgan fingerprint density at radius 1 is 1.22 bits per heavy atom. The number of nitrogens with zero attached hydrogens (tertiary/aromatic N) is 1. The highest BCUT2D eigenvalue weighted by molar-refractivity contribution is 7.09. The van der Waals surface area contributed by atoms with Gasteiger partial charge in [-0.3, -0.25) is 9.59 Å². The number of aliphatic hydroxyl groups excluding tert-OH is 1. The van der Waals surface area contributed by atoms with Crippen LogP contribution in [0.15, 0.2) is 11.0 Å². The van der Waals surface area contributed by atoms with Crippen molar-refractivity contribution in [1.82, 2.24) is 10.3 Å². The summed E-state index contributed by atoms with van der Waals surface area (Å²) in [6.07, 6.45) is 14.1. The first-order chi connectivity index (χ1) is 19.2. The third-order valence-electron chi connectivity index (χ3n) is 10.7. The van der Waals surface area contributed by atoms with Crippen molar-refractivity contribution in [1.29, 1.82) is 0 Å². The number of carbonyl (C=O) groups is 2. The molecule has 226 valence electrons. The van der Waals surface area contributed by atoms with Crippen molar-refractivity contribution in [2.24, 2.45) is 28.1 Å². The molecule has 1 aromatic heterocycles. The Bertz CT molecular complexity index is 1200. The maximum atomic E-state index is 14.1. The van der Waals surface area contributed by atoms with E-state index in [0.29, 0.717) is 38.5 Å². The number of thiazole rings is 1. The first-order valence-corrected chi connectivity index (χ1v) is 16.3. The molecule has 0 unspecified atom stereocenters. The molecule has 2 saturated carbocycles. The fourth-order valence-electron chi connectivity index (χ4n) is 7.49. The Morgan fingerprint density at radius 3 is 2.46 bits per heavy atom. The van der Waals surface area contributed by atoms with Gasteiger partial charge in [-0.15, -0.1) is 23.7 Å². The molecule has 2 aliphatic carbocycles. The van der Waals surface area contributed by atoms with Crippen molar-refractivity contribution in [2.75, 3.05) is 0 Å². The molecule has 0 radical (unpaired) electrons. The van der Waals surface area contributed by atoms with Gasteiger partial charge in [-0.05, 0) is 89.5 Å². The smallest absolute Gasteiger partial charge is 0.220 e. The average molecular weight is 583 g/mol. The van der Waals surface area contributed by atoms with Crippen LogP contribution in [0.2, 0.25) is 0 Å². The van der Waals surface area contributed by atoms with E-state index in [0.717, 1.165) is 42.0 Å². The summed E-state index contributed by atoms with van der Waals surface area (Å²) in [5.41, 5.74) is -0.793. The highest BCUT2D eigenvalue weighted by Crippen LogP contribution is 2.66. The normalized spacial score (nSPS) is 33.8. The zero-order valence-electron chi connectivity index (χ0n) is 25.9. The highest BCUT2D eigenvalue weighted by Gasteiger charge is 2.66. The number of rotatable bonds is 4. The predicted octanol–water partition coefficient (Wildman–Crippen LogP) is 6.24. The van der Waals surface area contributed by atoms with Gasteiger partial charge in [0, 0.05) is 35.6 Å². The van der Waals surface area contributed by atoms with Crippen LogP contribution in [0.4, 0.5) is 0 Å². The number of nitrogens with one attached hydrogen (secondary N) is 1. The second-order valence-corrected chi connectivity index (χ2v) is 15.4. The lowest BCUT2D eigenvalue weighted by Crippen LogP contribution is -2.48. The fourth-order valence-corrected chi connectivity index (χ4v) is 8.06. The molecule has 1 amide bonds. The molecule has 0 bridgehead atoms. The van der Waals surface area contributed by atoms with E-state index in [1.807, 2.05) is 40.0 Å².